The maximum Gasteiger partial charge on any atom is 0.341 e. The molecule has 6 heteroatoms. The van der Waals surface area contributed by atoms with E-state index in [2.05, 4.69) is 9.64 Å². The van der Waals surface area contributed by atoms with Crippen LogP contribution in [0.2, 0.25) is 10.0 Å². The van der Waals surface area contributed by atoms with E-state index in [1.165, 1.54) is 20.0 Å². The van der Waals surface area contributed by atoms with Gasteiger partial charge in [-0.25, -0.2) is 4.79 Å². The van der Waals surface area contributed by atoms with Crippen LogP contribution in [0, 0.1) is 0 Å². The van der Waals surface area contributed by atoms with Gasteiger partial charge in [0.25, 0.3) is 0 Å². The molecule has 1 aliphatic heterocycles. The van der Waals surface area contributed by atoms with Crippen molar-refractivity contribution in [3.63, 3.8) is 0 Å². The molecular weight excluding hydrogens is 301 g/mol. The molecule has 20 heavy (non-hydrogen) atoms. The summed E-state index contributed by atoms with van der Waals surface area (Å²) in [6.45, 7) is 3.62. The summed E-state index contributed by atoms with van der Waals surface area (Å²) in [5.41, 5.74) is 0.148. The summed E-state index contributed by atoms with van der Waals surface area (Å²) in [5.74, 6) is -0.111. The largest absolute Gasteiger partial charge is 0.491 e. The second-order valence-corrected chi connectivity index (χ2v) is 5.41. The number of benzene rings is 1. The molecule has 110 valence electrons. The minimum Gasteiger partial charge on any atom is -0.491 e. The molecule has 0 atom stereocenters. The number of ether oxygens (including phenoxy) is 2. The third-order valence-electron chi connectivity index (χ3n) is 3.31. The van der Waals surface area contributed by atoms with Gasteiger partial charge in [0.1, 0.15) is 17.9 Å². The number of halogens is 2. The molecule has 0 aliphatic carbocycles. The zero-order valence-electron chi connectivity index (χ0n) is 11.3. The Labute approximate surface area is 128 Å². The van der Waals surface area contributed by atoms with E-state index >= 15 is 0 Å². The van der Waals surface area contributed by atoms with Crippen molar-refractivity contribution in [2.75, 3.05) is 33.4 Å². The maximum atomic E-state index is 11.6. The van der Waals surface area contributed by atoms with Crippen LogP contribution in [-0.4, -0.2) is 44.2 Å². The van der Waals surface area contributed by atoms with E-state index in [-0.39, 0.29) is 15.6 Å². The first kappa shape index (κ1) is 15.4. The maximum absolute atomic E-state index is 11.6. The van der Waals surface area contributed by atoms with Crippen molar-refractivity contribution < 1.29 is 14.3 Å². The fourth-order valence-corrected chi connectivity index (χ4v) is 2.80. The third kappa shape index (κ3) is 3.57. The molecule has 1 fully saturated rings. The average Bonchev–Trinajstić information content (AvgIpc) is 2.94. The standard InChI is InChI=1S/C14H17Cl2NO3/c1-19-14(18)12-10(15)4-5-11(13(12)16)20-9-8-17-6-2-3-7-17/h4-5H,2-3,6-9H2,1H3. The number of nitrogens with zero attached hydrogens (tertiary/aromatic N) is 1. The van der Waals surface area contributed by atoms with Gasteiger partial charge in [0.15, 0.2) is 0 Å². The SMILES string of the molecule is COC(=O)c1c(Cl)ccc(OCCN2CCCC2)c1Cl. The highest BCUT2D eigenvalue weighted by molar-refractivity contribution is 6.40. The average molecular weight is 318 g/mol. The van der Waals surface area contributed by atoms with Gasteiger partial charge in [-0.3, -0.25) is 4.90 Å². The molecule has 4 nitrogen and oxygen atoms in total. The van der Waals surface area contributed by atoms with Crippen LogP contribution >= 0.6 is 23.2 Å². The van der Waals surface area contributed by atoms with E-state index in [9.17, 15) is 4.79 Å². The molecule has 0 aromatic heterocycles. The molecule has 1 aromatic rings. The number of likely N-dealkylation sites (tertiary alicyclic amines) is 1. The summed E-state index contributed by atoms with van der Waals surface area (Å²) in [7, 11) is 1.29. The van der Waals surface area contributed by atoms with Crippen LogP contribution < -0.4 is 4.74 Å². The van der Waals surface area contributed by atoms with Crippen LogP contribution in [0.5, 0.6) is 5.75 Å². The lowest BCUT2D eigenvalue weighted by molar-refractivity contribution is 0.0600. The van der Waals surface area contributed by atoms with Crippen molar-refractivity contribution in [2.24, 2.45) is 0 Å². The second kappa shape index (κ2) is 7.16. The molecule has 0 saturated carbocycles. The first-order valence-electron chi connectivity index (χ1n) is 6.55. The summed E-state index contributed by atoms with van der Waals surface area (Å²) < 4.78 is 10.3. The first-order chi connectivity index (χ1) is 9.63. The van der Waals surface area contributed by atoms with Crippen LogP contribution in [0.4, 0.5) is 0 Å². The fraction of sp³-hybridized carbons (Fsp3) is 0.500. The number of hydrogen-bond donors (Lipinski definition) is 0. The van der Waals surface area contributed by atoms with Gasteiger partial charge in [0.2, 0.25) is 0 Å². The molecule has 0 radical (unpaired) electrons. The van der Waals surface area contributed by atoms with E-state index in [1.807, 2.05) is 0 Å². The summed E-state index contributed by atoms with van der Waals surface area (Å²) in [6.07, 6.45) is 2.49. The second-order valence-electron chi connectivity index (χ2n) is 4.62. The van der Waals surface area contributed by atoms with Crippen LogP contribution in [0.3, 0.4) is 0 Å². The molecule has 0 spiro atoms. The van der Waals surface area contributed by atoms with Gasteiger partial charge in [-0.2, -0.15) is 0 Å². The normalized spacial score (nSPS) is 15.3. The van der Waals surface area contributed by atoms with Gasteiger partial charge < -0.3 is 9.47 Å². The van der Waals surface area contributed by atoms with Crippen LogP contribution in [0.15, 0.2) is 12.1 Å². The van der Waals surface area contributed by atoms with Gasteiger partial charge in [-0.1, -0.05) is 23.2 Å². The molecule has 1 saturated heterocycles. The van der Waals surface area contributed by atoms with Crippen molar-refractivity contribution in [1.82, 2.24) is 4.90 Å². The molecule has 0 bridgehead atoms. The predicted octanol–water partition coefficient (Wildman–Crippen LogP) is 3.25. The van der Waals surface area contributed by atoms with Crippen molar-refractivity contribution >= 4 is 29.2 Å². The summed E-state index contributed by atoms with van der Waals surface area (Å²) >= 11 is 12.1. The highest BCUT2D eigenvalue weighted by Gasteiger charge is 2.19. The predicted molar refractivity (Wildman–Crippen MR) is 79.0 cm³/mol. The quantitative estimate of drug-likeness (QED) is 0.781. The Hall–Kier alpha value is -0.970. The van der Waals surface area contributed by atoms with Gasteiger partial charge >= 0.3 is 5.97 Å². The molecule has 0 amide bonds. The summed E-state index contributed by atoms with van der Waals surface area (Å²) in [6, 6.07) is 3.26. The molecule has 0 unspecified atom stereocenters. The minimum absolute atomic E-state index is 0.148. The Kier molecular flexibility index (Phi) is 5.52. The lowest BCUT2D eigenvalue weighted by atomic mass is 10.2. The number of esters is 1. The Morgan fingerprint density at radius 1 is 1.30 bits per heavy atom. The Morgan fingerprint density at radius 2 is 2.00 bits per heavy atom. The molecule has 2 rings (SSSR count). The number of methoxy groups -OCH3 is 1. The van der Waals surface area contributed by atoms with E-state index in [4.69, 9.17) is 27.9 Å². The highest BCUT2D eigenvalue weighted by atomic mass is 35.5. The number of carbonyl (C=O) groups excluding carboxylic acids is 1. The zero-order valence-corrected chi connectivity index (χ0v) is 12.8. The van der Waals surface area contributed by atoms with Crippen LogP contribution in [0.25, 0.3) is 0 Å². The molecule has 1 aromatic carbocycles. The minimum atomic E-state index is -0.565. The Balaban J connectivity index is 2.02. The highest BCUT2D eigenvalue weighted by Crippen LogP contribution is 2.33. The lowest BCUT2D eigenvalue weighted by Crippen LogP contribution is -2.25. The Morgan fingerprint density at radius 3 is 2.65 bits per heavy atom. The molecule has 1 aliphatic rings. The smallest absolute Gasteiger partial charge is 0.341 e. The van der Waals surface area contributed by atoms with Gasteiger partial charge in [0.05, 0.1) is 17.2 Å². The topological polar surface area (TPSA) is 38.8 Å². The Bertz CT molecular complexity index is 488. The van der Waals surface area contributed by atoms with E-state index in [0.717, 1.165) is 19.6 Å². The van der Waals surface area contributed by atoms with Crippen molar-refractivity contribution in [2.45, 2.75) is 12.8 Å². The fourth-order valence-electron chi connectivity index (χ4n) is 2.22. The molecule has 0 N–H and O–H groups in total. The number of rotatable bonds is 5. The number of carbonyl (C=O) groups is 1. The summed E-state index contributed by atoms with van der Waals surface area (Å²) in [4.78, 5) is 14.0. The third-order valence-corrected chi connectivity index (χ3v) is 4.00. The van der Waals surface area contributed by atoms with Gasteiger partial charge in [0, 0.05) is 6.54 Å². The van der Waals surface area contributed by atoms with E-state index in [0.29, 0.717) is 12.4 Å². The van der Waals surface area contributed by atoms with Crippen LogP contribution in [-0.2, 0) is 4.74 Å². The molecule has 1 heterocycles. The van der Waals surface area contributed by atoms with Crippen molar-refractivity contribution in [1.29, 1.82) is 0 Å². The monoisotopic (exact) mass is 317 g/mol. The number of hydrogen-bond acceptors (Lipinski definition) is 4. The molecular formula is C14H17Cl2NO3. The van der Waals surface area contributed by atoms with Crippen LogP contribution in [0.1, 0.15) is 23.2 Å². The van der Waals surface area contributed by atoms with E-state index in [1.54, 1.807) is 12.1 Å². The van der Waals surface area contributed by atoms with Gasteiger partial charge in [-0.05, 0) is 38.1 Å². The van der Waals surface area contributed by atoms with Crippen molar-refractivity contribution in [3.8, 4) is 5.75 Å². The van der Waals surface area contributed by atoms with E-state index < -0.39 is 5.97 Å². The zero-order chi connectivity index (χ0) is 14.5. The summed E-state index contributed by atoms with van der Waals surface area (Å²) in [5, 5.41) is 0.458. The first-order valence-corrected chi connectivity index (χ1v) is 7.30. The van der Waals surface area contributed by atoms with Crippen molar-refractivity contribution in [3.05, 3.63) is 27.7 Å². The van der Waals surface area contributed by atoms with Gasteiger partial charge in [-0.15, -0.1) is 0 Å². The lowest BCUT2D eigenvalue weighted by Gasteiger charge is -2.16.